The summed E-state index contributed by atoms with van der Waals surface area (Å²) in [7, 11) is 4.28. The lowest BCUT2D eigenvalue weighted by Gasteiger charge is -2.14. The van der Waals surface area contributed by atoms with E-state index >= 15 is 0 Å². The molecule has 1 aliphatic heterocycles. The molecule has 5 heteroatoms. The standard InChI is InChI=1S/C25H22ClN2S2/c1-4-16(13-23-27(2)20-15-18(26)10-12-21(20)29-23)14-24-28(3)25-19-8-6-5-7-17(19)9-11-22(25)30-24/h5-15H,4H2,1-3H3/q+1. The summed E-state index contributed by atoms with van der Waals surface area (Å²) in [6, 6.07) is 19.2. The average Bonchev–Trinajstić information content (AvgIpc) is 3.24. The van der Waals surface area contributed by atoms with Crippen molar-refractivity contribution >= 4 is 67.5 Å². The van der Waals surface area contributed by atoms with Gasteiger partial charge in [-0.25, -0.2) is 0 Å². The van der Waals surface area contributed by atoms with Crippen molar-refractivity contribution in [3.05, 3.63) is 81.3 Å². The van der Waals surface area contributed by atoms with E-state index in [4.69, 9.17) is 11.6 Å². The lowest BCUT2D eigenvalue weighted by molar-refractivity contribution is -0.641. The highest BCUT2D eigenvalue weighted by atomic mass is 35.5. The molecular weight excluding hydrogens is 428 g/mol. The highest BCUT2D eigenvalue weighted by Gasteiger charge is 2.23. The summed E-state index contributed by atoms with van der Waals surface area (Å²) < 4.78 is 3.65. The second kappa shape index (κ2) is 7.77. The first-order valence-electron chi connectivity index (χ1n) is 9.99. The molecule has 1 aliphatic rings. The minimum atomic E-state index is 0.776. The zero-order valence-corrected chi connectivity index (χ0v) is 19.5. The Balaban J connectivity index is 1.57. The summed E-state index contributed by atoms with van der Waals surface area (Å²) in [6.07, 6.45) is 5.61. The molecule has 0 N–H and O–H groups in total. The molecule has 0 amide bonds. The predicted molar refractivity (Wildman–Crippen MR) is 133 cm³/mol. The van der Waals surface area contributed by atoms with Gasteiger partial charge in [0.05, 0.1) is 16.1 Å². The number of thiazole rings is 1. The number of halogens is 1. The zero-order chi connectivity index (χ0) is 20.8. The predicted octanol–water partition coefficient (Wildman–Crippen LogP) is 7.41. The topological polar surface area (TPSA) is 7.12 Å². The third kappa shape index (κ3) is 3.33. The summed E-state index contributed by atoms with van der Waals surface area (Å²) in [6.45, 7) is 2.22. The maximum absolute atomic E-state index is 6.21. The Labute approximate surface area is 190 Å². The van der Waals surface area contributed by atoms with Crippen LogP contribution >= 0.6 is 34.7 Å². The van der Waals surface area contributed by atoms with Crippen molar-refractivity contribution in [3.63, 3.8) is 0 Å². The van der Waals surface area contributed by atoms with Crippen molar-refractivity contribution in [1.29, 1.82) is 0 Å². The number of nitrogens with zero attached hydrogens (tertiary/aromatic N) is 2. The number of aromatic nitrogens is 1. The van der Waals surface area contributed by atoms with Crippen LogP contribution in [0, 0.1) is 0 Å². The van der Waals surface area contributed by atoms with Crippen LogP contribution in [0.3, 0.4) is 0 Å². The number of thioether (sulfide) groups is 1. The molecule has 150 valence electrons. The third-order valence-corrected chi connectivity index (χ3v) is 8.15. The molecular formula is C25H22ClN2S2+. The fraction of sp³-hybridized carbons (Fsp3) is 0.160. The van der Waals surface area contributed by atoms with Crippen molar-refractivity contribution in [1.82, 2.24) is 0 Å². The van der Waals surface area contributed by atoms with Crippen molar-refractivity contribution in [2.24, 2.45) is 7.05 Å². The van der Waals surface area contributed by atoms with Gasteiger partial charge in [0.25, 0.3) is 5.01 Å². The molecule has 2 nitrogen and oxygen atoms in total. The molecule has 1 aromatic heterocycles. The molecule has 0 atom stereocenters. The van der Waals surface area contributed by atoms with Crippen LogP contribution in [0.25, 0.3) is 27.1 Å². The van der Waals surface area contributed by atoms with Crippen LogP contribution < -0.4 is 9.47 Å². The van der Waals surface area contributed by atoms with Gasteiger partial charge in [-0.2, -0.15) is 4.57 Å². The van der Waals surface area contributed by atoms with Crippen molar-refractivity contribution in [2.75, 3.05) is 11.9 Å². The number of hydrogen-bond donors (Lipinski definition) is 0. The van der Waals surface area contributed by atoms with Gasteiger partial charge in [0.2, 0.25) is 5.52 Å². The van der Waals surface area contributed by atoms with Crippen LogP contribution in [-0.4, -0.2) is 7.05 Å². The maximum Gasteiger partial charge on any atom is 0.262 e. The monoisotopic (exact) mass is 449 g/mol. The van der Waals surface area contributed by atoms with Crippen molar-refractivity contribution in [2.45, 2.75) is 18.2 Å². The van der Waals surface area contributed by atoms with Crippen LogP contribution in [0.4, 0.5) is 5.69 Å². The molecule has 0 saturated heterocycles. The molecule has 30 heavy (non-hydrogen) atoms. The molecule has 0 unspecified atom stereocenters. The van der Waals surface area contributed by atoms with Gasteiger partial charge in [-0.1, -0.05) is 65.9 Å². The van der Waals surface area contributed by atoms with Gasteiger partial charge in [-0.05, 0) is 53.8 Å². The molecule has 4 aromatic rings. The van der Waals surface area contributed by atoms with Crippen LogP contribution in [0.15, 0.2) is 76.2 Å². The van der Waals surface area contributed by atoms with Crippen molar-refractivity contribution in [3.8, 4) is 0 Å². The molecule has 2 heterocycles. The number of aryl methyl sites for hydroxylation is 1. The van der Waals surface area contributed by atoms with Gasteiger partial charge in [0, 0.05) is 23.0 Å². The number of rotatable bonds is 3. The molecule has 0 bridgehead atoms. The molecule has 0 fully saturated rings. The van der Waals surface area contributed by atoms with Gasteiger partial charge in [0.1, 0.15) is 11.7 Å². The SMILES string of the molecule is CCC(=Cc1sc2ccc3ccccc3c2[n+]1C)C=C1Sc2ccc(Cl)cc2N1C. The molecule has 0 saturated carbocycles. The normalized spacial score (nSPS) is 15.5. The lowest BCUT2D eigenvalue weighted by Crippen LogP contribution is -2.29. The van der Waals surface area contributed by atoms with E-state index in [0.717, 1.165) is 11.4 Å². The third-order valence-electron chi connectivity index (χ3n) is 5.60. The highest BCUT2D eigenvalue weighted by molar-refractivity contribution is 8.03. The Morgan fingerprint density at radius 1 is 1.13 bits per heavy atom. The second-order valence-corrected chi connectivity index (χ2v) is 10.0. The minimum absolute atomic E-state index is 0.776. The number of allylic oxidation sites excluding steroid dienone is 2. The van der Waals surface area contributed by atoms with Gasteiger partial charge in [-0.15, -0.1) is 0 Å². The largest absolute Gasteiger partial charge is 0.338 e. The van der Waals surface area contributed by atoms with Crippen molar-refractivity contribution < 1.29 is 4.57 Å². The first kappa shape index (κ1) is 19.7. The van der Waals surface area contributed by atoms with E-state index in [2.05, 4.69) is 85.1 Å². The Morgan fingerprint density at radius 2 is 1.97 bits per heavy atom. The summed E-state index contributed by atoms with van der Waals surface area (Å²) in [5, 5.41) is 5.87. The Bertz CT molecular complexity index is 1350. The summed E-state index contributed by atoms with van der Waals surface area (Å²) >= 11 is 9.86. The molecule has 0 aliphatic carbocycles. The lowest BCUT2D eigenvalue weighted by atomic mass is 10.1. The van der Waals surface area contributed by atoms with E-state index in [1.807, 2.05) is 23.5 Å². The van der Waals surface area contributed by atoms with Crippen LogP contribution in [-0.2, 0) is 7.05 Å². The number of hydrogen-bond acceptors (Lipinski definition) is 3. The van der Waals surface area contributed by atoms with Gasteiger partial charge in [-0.3, -0.25) is 0 Å². The second-order valence-electron chi connectivity index (χ2n) is 7.46. The average molecular weight is 450 g/mol. The summed E-state index contributed by atoms with van der Waals surface area (Å²) in [5.41, 5.74) is 3.80. The van der Waals surface area contributed by atoms with Gasteiger partial charge < -0.3 is 4.90 Å². The van der Waals surface area contributed by atoms with Crippen LogP contribution in [0.1, 0.15) is 18.4 Å². The number of benzene rings is 3. The quantitative estimate of drug-likeness (QED) is 0.300. The first-order valence-corrected chi connectivity index (χ1v) is 12.0. The van der Waals surface area contributed by atoms with E-state index in [0.29, 0.717) is 0 Å². The number of anilines is 1. The van der Waals surface area contributed by atoms with Gasteiger partial charge >= 0.3 is 0 Å². The molecule has 0 radical (unpaired) electrons. The van der Waals surface area contributed by atoms with Crippen LogP contribution in [0.2, 0.25) is 5.02 Å². The Morgan fingerprint density at radius 3 is 2.80 bits per heavy atom. The van der Waals surface area contributed by atoms with E-state index < -0.39 is 0 Å². The van der Waals surface area contributed by atoms with Gasteiger partial charge in [0.15, 0.2) is 0 Å². The number of fused-ring (bicyclic) bond motifs is 4. The molecule has 5 rings (SSSR count). The van der Waals surface area contributed by atoms with Crippen LogP contribution in [0.5, 0.6) is 0 Å². The fourth-order valence-corrected chi connectivity index (χ4v) is 6.33. The Kier molecular flexibility index (Phi) is 5.10. The summed E-state index contributed by atoms with van der Waals surface area (Å²) in [5.74, 6) is 0. The smallest absolute Gasteiger partial charge is 0.262 e. The zero-order valence-electron chi connectivity index (χ0n) is 17.1. The van der Waals surface area contributed by atoms with E-state index in [-0.39, 0.29) is 0 Å². The minimum Gasteiger partial charge on any atom is -0.338 e. The first-order chi connectivity index (χ1) is 14.5. The maximum atomic E-state index is 6.21. The molecule has 0 spiro atoms. The summed E-state index contributed by atoms with van der Waals surface area (Å²) in [4.78, 5) is 3.48. The Hall–Kier alpha value is -2.27. The van der Waals surface area contributed by atoms with E-state index in [1.165, 1.54) is 47.2 Å². The molecule has 3 aromatic carbocycles. The highest BCUT2D eigenvalue weighted by Crippen LogP contribution is 2.46. The fourth-order valence-electron chi connectivity index (χ4n) is 3.91. The van der Waals surface area contributed by atoms with E-state index in [1.54, 1.807) is 11.8 Å². The van der Waals surface area contributed by atoms with E-state index in [9.17, 15) is 0 Å².